The molecule has 3 nitrogen and oxygen atoms in total. The minimum Gasteiger partial charge on any atom is -0.282 e. The summed E-state index contributed by atoms with van der Waals surface area (Å²) in [5.74, 6) is 0.697. The monoisotopic (exact) mass is 240 g/mol. The Hall–Kier alpha value is -1.05. The molecule has 0 radical (unpaired) electrons. The van der Waals surface area contributed by atoms with Crippen molar-refractivity contribution >= 4 is 28.5 Å². The summed E-state index contributed by atoms with van der Waals surface area (Å²) < 4.78 is 0. The number of hydrogen-bond donors (Lipinski definition) is 0. The molecule has 0 saturated heterocycles. The number of hydrogen-bond acceptors (Lipinski definition) is 4. The van der Waals surface area contributed by atoms with Crippen molar-refractivity contribution in [2.75, 3.05) is 5.75 Å². The van der Waals surface area contributed by atoms with E-state index in [9.17, 15) is 4.79 Å². The first-order chi connectivity index (χ1) is 7.10. The van der Waals surface area contributed by atoms with E-state index in [1.165, 1.54) is 17.8 Å². The summed E-state index contributed by atoms with van der Waals surface area (Å²) in [7, 11) is 0. The SMILES string of the molecule is CCSC(=O)c1cc(C#N)c(Cl)nc1C. The average Bonchev–Trinajstić information content (AvgIpc) is 2.18. The van der Waals surface area contributed by atoms with Gasteiger partial charge in [-0.25, -0.2) is 4.98 Å². The first-order valence-electron chi connectivity index (χ1n) is 4.34. The van der Waals surface area contributed by atoms with Gasteiger partial charge in [0.1, 0.15) is 11.2 Å². The molecule has 0 amide bonds. The third-order valence-electron chi connectivity index (χ3n) is 1.78. The Morgan fingerprint density at radius 2 is 2.40 bits per heavy atom. The van der Waals surface area contributed by atoms with E-state index in [0.29, 0.717) is 17.0 Å². The lowest BCUT2D eigenvalue weighted by Crippen LogP contribution is -2.01. The van der Waals surface area contributed by atoms with Gasteiger partial charge >= 0.3 is 0 Å². The molecule has 1 aromatic heterocycles. The molecule has 0 aromatic carbocycles. The van der Waals surface area contributed by atoms with Gasteiger partial charge in [-0.05, 0) is 18.7 Å². The van der Waals surface area contributed by atoms with Crippen molar-refractivity contribution < 1.29 is 4.79 Å². The highest BCUT2D eigenvalue weighted by molar-refractivity contribution is 8.14. The molecule has 1 aromatic rings. The number of carbonyl (C=O) groups excluding carboxylic acids is 1. The zero-order valence-electron chi connectivity index (χ0n) is 8.37. The Morgan fingerprint density at radius 3 is 2.93 bits per heavy atom. The Kier molecular flexibility index (Phi) is 4.13. The van der Waals surface area contributed by atoms with Crippen LogP contribution in [0.4, 0.5) is 0 Å². The predicted octanol–water partition coefficient (Wildman–Crippen LogP) is 2.81. The quantitative estimate of drug-likeness (QED) is 0.746. The maximum absolute atomic E-state index is 11.6. The van der Waals surface area contributed by atoms with E-state index in [-0.39, 0.29) is 15.8 Å². The molecule has 0 atom stereocenters. The molecule has 0 spiro atoms. The fourth-order valence-electron chi connectivity index (χ4n) is 1.07. The van der Waals surface area contributed by atoms with Crippen molar-refractivity contribution in [2.24, 2.45) is 0 Å². The van der Waals surface area contributed by atoms with Crippen LogP contribution >= 0.6 is 23.4 Å². The second-order valence-electron chi connectivity index (χ2n) is 2.79. The van der Waals surface area contributed by atoms with Crippen molar-refractivity contribution in [3.05, 3.63) is 28.0 Å². The second-order valence-corrected chi connectivity index (χ2v) is 4.39. The van der Waals surface area contributed by atoms with Crippen LogP contribution < -0.4 is 0 Å². The lowest BCUT2D eigenvalue weighted by atomic mass is 10.2. The lowest BCUT2D eigenvalue weighted by Gasteiger charge is -2.04. The maximum Gasteiger partial charge on any atom is 0.221 e. The predicted molar refractivity (Wildman–Crippen MR) is 61.2 cm³/mol. The molecule has 78 valence electrons. The molecule has 0 unspecified atom stereocenters. The Balaban J connectivity index is 3.20. The smallest absolute Gasteiger partial charge is 0.221 e. The fourth-order valence-corrected chi connectivity index (χ4v) is 1.92. The molecule has 5 heteroatoms. The van der Waals surface area contributed by atoms with Crippen LogP contribution in [0, 0.1) is 18.3 Å². The van der Waals surface area contributed by atoms with Gasteiger partial charge in [-0.15, -0.1) is 0 Å². The summed E-state index contributed by atoms with van der Waals surface area (Å²) in [5.41, 5.74) is 1.26. The van der Waals surface area contributed by atoms with Gasteiger partial charge in [-0.3, -0.25) is 4.79 Å². The van der Waals surface area contributed by atoms with E-state index >= 15 is 0 Å². The van der Waals surface area contributed by atoms with Crippen molar-refractivity contribution in [1.82, 2.24) is 4.98 Å². The summed E-state index contributed by atoms with van der Waals surface area (Å²) in [6.07, 6.45) is 0. The molecule has 0 saturated carbocycles. The number of aromatic nitrogens is 1. The van der Waals surface area contributed by atoms with Gasteiger partial charge in [0.2, 0.25) is 5.12 Å². The van der Waals surface area contributed by atoms with Crippen molar-refractivity contribution in [3.63, 3.8) is 0 Å². The van der Waals surface area contributed by atoms with E-state index in [4.69, 9.17) is 16.9 Å². The van der Waals surface area contributed by atoms with E-state index in [2.05, 4.69) is 4.98 Å². The van der Waals surface area contributed by atoms with Crippen LogP contribution in [0.5, 0.6) is 0 Å². The Bertz CT molecular complexity index is 440. The molecular formula is C10H9ClN2OS. The van der Waals surface area contributed by atoms with E-state index in [0.717, 1.165) is 0 Å². The number of rotatable bonds is 2. The molecular weight excluding hydrogens is 232 g/mol. The summed E-state index contributed by atoms with van der Waals surface area (Å²) in [5, 5.41) is 8.83. The normalized spacial score (nSPS) is 9.73. The molecule has 0 aliphatic carbocycles. The highest BCUT2D eigenvalue weighted by Gasteiger charge is 2.13. The third-order valence-corrected chi connectivity index (χ3v) is 2.84. The standard InChI is InChI=1S/C10H9ClN2OS/c1-3-15-10(14)8-4-7(5-12)9(11)13-6(8)2/h4H,3H2,1-2H3. The summed E-state index contributed by atoms with van der Waals surface area (Å²) in [6.45, 7) is 3.60. The van der Waals surface area contributed by atoms with Gasteiger partial charge in [-0.1, -0.05) is 30.3 Å². The molecule has 0 fully saturated rings. The third kappa shape index (κ3) is 2.71. The molecule has 1 rings (SSSR count). The van der Waals surface area contributed by atoms with Crippen LogP contribution in [0.2, 0.25) is 5.15 Å². The molecule has 0 aliphatic heterocycles. The largest absolute Gasteiger partial charge is 0.282 e. The molecule has 0 N–H and O–H groups in total. The summed E-state index contributed by atoms with van der Waals surface area (Å²) in [4.78, 5) is 15.6. The van der Waals surface area contributed by atoms with E-state index < -0.39 is 0 Å². The van der Waals surface area contributed by atoms with E-state index in [1.54, 1.807) is 6.92 Å². The topological polar surface area (TPSA) is 53.8 Å². The average molecular weight is 241 g/mol. The number of aryl methyl sites for hydroxylation is 1. The van der Waals surface area contributed by atoms with Crippen LogP contribution in [-0.2, 0) is 0 Å². The minimum absolute atomic E-state index is 0.0735. The minimum atomic E-state index is -0.0735. The van der Waals surface area contributed by atoms with Gasteiger partial charge in [0.25, 0.3) is 0 Å². The highest BCUT2D eigenvalue weighted by Crippen LogP contribution is 2.20. The zero-order valence-corrected chi connectivity index (χ0v) is 9.95. The van der Waals surface area contributed by atoms with Gasteiger partial charge in [-0.2, -0.15) is 5.26 Å². The second kappa shape index (κ2) is 5.15. The Morgan fingerprint density at radius 1 is 1.73 bits per heavy atom. The fraction of sp³-hybridized carbons (Fsp3) is 0.300. The van der Waals surface area contributed by atoms with Crippen molar-refractivity contribution in [3.8, 4) is 6.07 Å². The molecule has 0 bridgehead atoms. The first-order valence-corrected chi connectivity index (χ1v) is 5.70. The molecule has 0 aliphatic rings. The number of halogens is 1. The lowest BCUT2D eigenvalue weighted by molar-refractivity contribution is 0.108. The maximum atomic E-state index is 11.6. The number of carbonyl (C=O) groups is 1. The van der Waals surface area contributed by atoms with Gasteiger partial charge in [0.15, 0.2) is 0 Å². The van der Waals surface area contributed by atoms with Gasteiger partial charge in [0, 0.05) is 0 Å². The summed E-state index contributed by atoms with van der Waals surface area (Å²) >= 11 is 6.92. The van der Waals surface area contributed by atoms with Crippen LogP contribution in [0.15, 0.2) is 6.07 Å². The number of pyridine rings is 1. The van der Waals surface area contributed by atoms with Gasteiger partial charge < -0.3 is 0 Å². The van der Waals surface area contributed by atoms with E-state index in [1.807, 2.05) is 13.0 Å². The molecule has 1 heterocycles. The van der Waals surface area contributed by atoms with Crippen molar-refractivity contribution in [1.29, 1.82) is 5.26 Å². The highest BCUT2D eigenvalue weighted by atomic mass is 35.5. The van der Waals surface area contributed by atoms with Gasteiger partial charge in [0.05, 0.1) is 16.8 Å². The Labute approximate surface area is 97.5 Å². The van der Waals surface area contributed by atoms with Crippen LogP contribution in [0.1, 0.15) is 28.5 Å². The first kappa shape index (κ1) is 12.0. The number of nitrogens with zero attached hydrogens (tertiary/aromatic N) is 2. The summed E-state index contributed by atoms with van der Waals surface area (Å²) in [6, 6.07) is 3.40. The van der Waals surface area contributed by atoms with Crippen molar-refractivity contribution in [2.45, 2.75) is 13.8 Å². The van der Waals surface area contributed by atoms with Crippen LogP contribution in [0.25, 0.3) is 0 Å². The van der Waals surface area contributed by atoms with Crippen LogP contribution in [0.3, 0.4) is 0 Å². The number of thioether (sulfide) groups is 1. The zero-order chi connectivity index (χ0) is 11.4. The van der Waals surface area contributed by atoms with Crippen LogP contribution in [-0.4, -0.2) is 15.9 Å². The number of nitriles is 1. The molecule has 15 heavy (non-hydrogen) atoms.